The number of rotatable bonds is 7. The van der Waals surface area contributed by atoms with Crippen molar-refractivity contribution >= 4 is 58.1 Å². The Morgan fingerprint density at radius 3 is 2.30 bits per heavy atom. The molecular weight excluding hydrogens is 519 g/mol. The van der Waals surface area contributed by atoms with E-state index in [2.05, 4.69) is 5.32 Å². The number of halogens is 2. The van der Waals surface area contributed by atoms with Crippen LogP contribution in [0.1, 0.15) is 23.3 Å². The number of Topliss-reactive ketones (excluding diaryl/α,β-unsaturated/α-hetero) is 1. The van der Waals surface area contributed by atoms with Crippen molar-refractivity contribution in [3.05, 3.63) is 106 Å². The summed E-state index contributed by atoms with van der Waals surface area (Å²) in [5.41, 5.74) is 1.52. The molecule has 37 heavy (non-hydrogen) atoms. The Bertz CT molecular complexity index is 1410. The smallest absolute Gasteiger partial charge is 0.328 e. The molecule has 4 rings (SSSR count). The number of carbonyl (C=O) groups is 4. The van der Waals surface area contributed by atoms with E-state index in [1.807, 2.05) is 0 Å². The van der Waals surface area contributed by atoms with Crippen LogP contribution in [-0.4, -0.2) is 33.8 Å². The molecule has 1 saturated heterocycles. The van der Waals surface area contributed by atoms with Crippen LogP contribution in [0.25, 0.3) is 0 Å². The van der Waals surface area contributed by atoms with Gasteiger partial charge in [-0.2, -0.15) is 0 Å². The highest BCUT2D eigenvalue weighted by Crippen LogP contribution is 2.45. The second kappa shape index (κ2) is 11.0. The Morgan fingerprint density at radius 2 is 1.62 bits per heavy atom. The summed E-state index contributed by atoms with van der Waals surface area (Å²) in [7, 11) is 0. The van der Waals surface area contributed by atoms with E-state index < -0.39 is 41.6 Å². The second-order valence-corrected chi connectivity index (χ2v) is 9.15. The second-order valence-electron chi connectivity index (χ2n) is 8.27. The maximum absolute atomic E-state index is 13.3. The number of hydrogen-bond donors (Lipinski definition) is 3. The number of aliphatic carboxylic acids is 1. The lowest BCUT2D eigenvalue weighted by Crippen LogP contribution is -2.30. The average molecular weight is 539 g/mol. The minimum absolute atomic E-state index is 0.267. The highest BCUT2D eigenvalue weighted by atomic mass is 35.5. The van der Waals surface area contributed by atoms with E-state index in [9.17, 15) is 24.3 Å². The molecular formula is C27H20Cl2N2O6. The Hall–Kier alpha value is -3.98. The van der Waals surface area contributed by atoms with Gasteiger partial charge in [0.1, 0.15) is 0 Å². The molecule has 1 aliphatic rings. The summed E-state index contributed by atoms with van der Waals surface area (Å²) in [4.78, 5) is 50.5. The number of nitrogens with zero attached hydrogens (tertiary/aromatic N) is 1. The highest BCUT2D eigenvalue weighted by molar-refractivity contribution is 6.45. The molecule has 0 bridgehead atoms. The Labute approximate surface area is 221 Å². The summed E-state index contributed by atoms with van der Waals surface area (Å²) >= 11 is 12.2. The largest absolute Gasteiger partial charge is 0.478 e. The van der Waals surface area contributed by atoms with Crippen molar-refractivity contribution in [2.75, 3.05) is 10.2 Å². The Balaban J connectivity index is 1.73. The minimum Gasteiger partial charge on any atom is -0.478 e. The number of carboxylic acid groups (broad SMARTS) is 1. The van der Waals surface area contributed by atoms with Gasteiger partial charge in [-0.3, -0.25) is 19.3 Å². The van der Waals surface area contributed by atoms with Gasteiger partial charge in [0.2, 0.25) is 11.7 Å². The van der Waals surface area contributed by atoms with Crippen LogP contribution in [0.4, 0.5) is 11.4 Å². The molecule has 8 nitrogen and oxygen atoms in total. The van der Waals surface area contributed by atoms with Crippen molar-refractivity contribution < 1.29 is 29.4 Å². The monoisotopic (exact) mass is 538 g/mol. The van der Waals surface area contributed by atoms with Gasteiger partial charge in [0.05, 0.1) is 18.1 Å². The van der Waals surface area contributed by atoms with E-state index in [0.717, 1.165) is 6.08 Å². The average Bonchev–Trinajstić information content (AvgIpc) is 3.13. The molecule has 3 aromatic rings. The summed E-state index contributed by atoms with van der Waals surface area (Å²) in [6.45, 7) is 0. The molecule has 0 spiro atoms. The standard InChI is InChI=1S/C27H20Cl2N2O6/c28-17-9-7-15(8-10-17)24-23(26(36)27(37)31(24)20-6-2-4-18(29)14-20)25(35)16-3-1-5-19(13-16)30-21(32)11-12-22(33)34/h1-14,23-25,35H,(H,30,32)(H,33,34). The number of nitrogens with one attached hydrogen (secondary N) is 1. The van der Waals surface area contributed by atoms with Gasteiger partial charge in [0.25, 0.3) is 5.91 Å². The third-order valence-corrected chi connectivity index (χ3v) is 6.35. The number of anilines is 2. The van der Waals surface area contributed by atoms with E-state index in [1.54, 1.807) is 66.7 Å². The fourth-order valence-corrected chi connectivity index (χ4v) is 4.58. The highest BCUT2D eigenvalue weighted by Gasteiger charge is 2.52. The van der Waals surface area contributed by atoms with Crippen molar-refractivity contribution in [2.45, 2.75) is 12.1 Å². The number of ketones is 1. The number of benzene rings is 3. The van der Waals surface area contributed by atoms with Gasteiger partial charge in [-0.1, -0.05) is 53.5 Å². The van der Waals surface area contributed by atoms with Gasteiger partial charge in [-0.25, -0.2) is 4.79 Å². The van der Waals surface area contributed by atoms with Crippen molar-refractivity contribution in [2.24, 2.45) is 5.92 Å². The first-order chi connectivity index (χ1) is 17.7. The molecule has 10 heteroatoms. The number of carboxylic acids is 1. The predicted molar refractivity (Wildman–Crippen MR) is 138 cm³/mol. The van der Waals surface area contributed by atoms with Gasteiger partial charge >= 0.3 is 5.97 Å². The van der Waals surface area contributed by atoms with Crippen molar-refractivity contribution in [3.8, 4) is 0 Å². The molecule has 2 amide bonds. The molecule has 0 saturated carbocycles. The van der Waals surface area contributed by atoms with Gasteiger partial charge < -0.3 is 15.5 Å². The number of amides is 2. The first-order valence-electron chi connectivity index (χ1n) is 11.0. The van der Waals surface area contributed by atoms with Crippen LogP contribution in [-0.2, 0) is 19.2 Å². The number of carbonyl (C=O) groups excluding carboxylic acids is 3. The van der Waals surface area contributed by atoms with Gasteiger partial charge in [0.15, 0.2) is 0 Å². The molecule has 1 heterocycles. The molecule has 3 N–H and O–H groups in total. The summed E-state index contributed by atoms with van der Waals surface area (Å²) in [5, 5.41) is 23.4. The lowest BCUT2D eigenvalue weighted by atomic mass is 9.85. The van der Waals surface area contributed by atoms with Gasteiger partial charge in [-0.05, 0) is 53.6 Å². The van der Waals surface area contributed by atoms with Crippen molar-refractivity contribution in [1.82, 2.24) is 0 Å². The van der Waals surface area contributed by atoms with Crippen molar-refractivity contribution in [3.63, 3.8) is 0 Å². The fraction of sp³-hybridized carbons (Fsp3) is 0.111. The summed E-state index contributed by atoms with van der Waals surface area (Å²) in [6, 6.07) is 18.4. The molecule has 1 fully saturated rings. The van der Waals surface area contributed by atoms with Crippen LogP contribution in [0.15, 0.2) is 84.9 Å². The van der Waals surface area contributed by atoms with Crippen LogP contribution in [0.5, 0.6) is 0 Å². The Morgan fingerprint density at radius 1 is 0.919 bits per heavy atom. The van der Waals surface area contributed by atoms with Crippen LogP contribution >= 0.6 is 23.2 Å². The SMILES string of the molecule is O=C(O)C=CC(=O)Nc1cccc(C(O)C2C(=O)C(=O)N(c3cccc(Cl)c3)C2c2ccc(Cl)cc2)c1. The number of aliphatic hydroxyl groups is 1. The zero-order chi connectivity index (χ0) is 26.7. The molecule has 3 aromatic carbocycles. The van der Waals surface area contributed by atoms with E-state index >= 15 is 0 Å². The van der Waals surface area contributed by atoms with Crippen molar-refractivity contribution in [1.29, 1.82) is 0 Å². The summed E-state index contributed by atoms with van der Waals surface area (Å²) in [6.07, 6.45) is 0.120. The Kier molecular flexibility index (Phi) is 7.73. The molecule has 3 atom stereocenters. The fourth-order valence-electron chi connectivity index (χ4n) is 4.27. The third-order valence-electron chi connectivity index (χ3n) is 5.86. The lowest BCUT2D eigenvalue weighted by Gasteiger charge is -2.30. The zero-order valence-corrected chi connectivity index (χ0v) is 20.6. The first kappa shape index (κ1) is 26.1. The van der Waals surface area contributed by atoms with E-state index in [-0.39, 0.29) is 11.3 Å². The number of hydrogen-bond acceptors (Lipinski definition) is 5. The third kappa shape index (κ3) is 5.72. The van der Waals surface area contributed by atoms with Crippen LogP contribution in [0.3, 0.4) is 0 Å². The molecule has 0 aliphatic carbocycles. The van der Waals surface area contributed by atoms with E-state index in [0.29, 0.717) is 27.4 Å². The molecule has 3 unspecified atom stereocenters. The van der Waals surface area contributed by atoms with E-state index in [4.69, 9.17) is 28.3 Å². The van der Waals surface area contributed by atoms with E-state index in [1.165, 1.54) is 11.0 Å². The number of aliphatic hydroxyl groups excluding tert-OH is 1. The first-order valence-corrected chi connectivity index (χ1v) is 11.8. The summed E-state index contributed by atoms with van der Waals surface area (Å²) < 4.78 is 0. The normalized spacial score (nSPS) is 18.3. The van der Waals surface area contributed by atoms with Gasteiger partial charge in [0, 0.05) is 33.6 Å². The maximum atomic E-state index is 13.3. The van der Waals surface area contributed by atoms with Crippen LogP contribution < -0.4 is 10.2 Å². The predicted octanol–water partition coefficient (Wildman–Crippen LogP) is 4.58. The summed E-state index contributed by atoms with van der Waals surface area (Å²) in [5.74, 6) is -4.74. The lowest BCUT2D eigenvalue weighted by molar-refractivity contribution is -0.137. The topological polar surface area (TPSA) is 124 Å². The molecule has 0 aromatic heterocycles. The maximum Gasteiger partial charge on any atom is 0.328 e. The van der Waals surface area contributed by atoms with Crippen LogP contribution in [0, 0.1) is 5.92 Å². The van der Waals surface area contributed by atoms with Gasteiger partial charge in [-0.15, -0.1) is 0 Å². The molecule has 1 aliphatic heterocycles. The minimum atomic E-state index is -1.42. The molecule has 188 valence electrons. The zero-order valence-electron chi connectivity index (χ0n) is 19.0. The molecule has 0 radical (unpaired) electrons. The quantitative estimate of drug-likeness (QED) is 0.298. The van der Waals surface area contributed by atoms with Crippen LogP contribution in [0.2, 0.25) is 10.0 Å².